The number of nitrogens with zero attached hydrogens (tertiary/aromatic N) is 4. The van der Waals surface area contributed by atoms with E-state index in [1.165, 1.54) is 0 Å². The van der Waals surface area contributed by atoms with Crippen molar-refractivity contribution in [3.63, 3.8) is 0 Å². The average molecular weight is 487 g/mol. The lowest BCUT2D eigenvalue weighted by Crippen LogP contribution is -2.39. The molecule has 1 saturated heterocycles. The van der Waals surface area contributed by atoms with Gasteiger partial charge in [-0.25, -0.2) is 4.99 Å². The number of thioether (sulfide) groups is 1. The Labute approximate surface area is 202 Å². The van der Waals surface area contributed by atoms with Crippen molar-refractivity contribution in [2.24, 2.45) is 4.99 Å². The van der Waals surface area contributed by atoms with Crippen LogP contribution >= 0.6 is 35.0 Å². The van der Waals surface area contributed by atoms with E-state index in [0.717, 1.165) is 34.7 Å². The van der Waals surface area contributed by atoms with Gasteiger partial charge in [0, 0.05) is 28.0 Å². The monoisotopic (exact) mass is 486 g/mol. The molecule has 8 heteroatoms. The Morgan fingerprint density at radius 2 is 1.91 bits per heavy atom. The predicted octanol–water partition coefficient (Wildman–Crippen LogP) is 6.43. The topological polar surface area (TPSA) is 50.5 Å². The van der Waals surface area contributed by atoms with Crippen LogP contribution in [0, 0.1) is 20.8 Å². The lowest BCUT2D eigenvalue weighted by Gasteiger charge is -2.28. The summed E-state index contributed by atoms with van der Waals surface area (Å²) in [7, 11) is 0. The van der Waals surface area contributed by atoms with Gasteiger partial charge in [0.05, 0.1) is 23.5 Å². The highest BCUT2D eigenvalue weighted by Crippen LogP contribution is 2.28. The highest BCUT2D eigenvalue weighted by atomic mass is 35.5. The SMILES string of the molecule is Cc1ccc(N=C2SCCCN2C(=O)c2c(C)nn(Cc3ccccc3Cl)c2C)cc1Cl. The number of carbonyl (C=O) groups excluding carboxylic acids is 1. The number of halogens is 2. The fourth-order valence-electron chi connectivity index (χ4n) is 3.69. The minimum Gasteiger partial charge on any atom is -0.287 e. The Bertz CT molecular complexity index is 1200. The Kier molecular flexibility index (Phi) is 6.93. The number of aryl methyl sites for hydroxylation is 2. The number of aliphatic imine (C=N–C) groups is 1. The number of amides is 1. The van der Waals surface area contributed by atoms with Crippen molar-refractivity contribution < 1.29 is 4.79 Å². The van der Waals surface area contributed by atoms with E-state index in [-0.39, 0.29) is 5.91 Å². The van der Waals surface area contributed by atoms with Crippen LogP contribution in [0.1, 0.15) is 39.3 Å². The second-order valence-electron chi connectivity index (χ2n) is 7.78. The standard InChI is InChI=1S/C24H24Cl2N4OS/c1-15-9-10-19(13-21(15)26)27-24-29(11-6-12-32-24)23(31)22-16(2)28-30(17(22)3)14-18-7-4-5-8-20(18)25/h4-5,7-10,13H,6,11-12,14H2,1-3H3. The quantitative estimate of drug-likeness (QED) is 0.426. The van der Waals surface area contributed by atoms with Crippen molar-refractivity contribution in [1.82, 2.24) is 14.7 Å². The molecule has 0 aliphatic carbocycles. The number of benzene rings is 2. The molecule has 2 aromatic carbocycles. The molecule has 1 aliphatic heterocycles. The van der Waals surface area contributed by atoms with E-state index in [0.29, 0.717) is 39.6 Å². The Balaban J connectivity index is 1.65. The first kappa shape index (κ1) is 22.9. The molecule has 1 aromatic heterocycles. The zero-order valence-electron chi connectivity index (χ0n) is 18.2. The first-order valence-corrected chi connectivity index (χ1v) is 12.2. The number of amidine groups is 1. The molecule has 3 aromatic rings. The van der Waals surface area contributed by atoms with Gasteiger partial charge in [0.15, 0.2) is 5.17 Å². The molecular formula is C24H24Cl2N4OS. The Hall–Kier alpha value is -2.28. The van der Waals surface area contributed by atoms with Gasteiger partial charge >= 0.3 is 0 Å². The maximum absolute atomic E-state index is 13.6. The van der Waals surface area contributed by atoms with Gasteiger partial charge in [-0.05, 0) is 56.5 Å². The van der Waals surface area contributed by atoms with Gasteiger partial charge in [0.1, 0.15) is 0 Å². The summed E-state index contributed by atoms with van der Waals surface area (Å²) < 4.78 is 1.84. The van der Waals surface area contributed by atoms with E-state index in [4.69, 9.17) is 28.2 Å². The molecular weight excluding hydrogens is 463 g/mol. The fraction of sp³-hybridized carbons (Fsp3) is 0.292. The molecule has 0 bridgehead atoms. The van der Waals surface area contributed by atoms with Crippen LogP contribution in [-0.2, 0) is 6.54 Å². The van der Waals surface area contributed by atoms with Crippen molar-refractivity contribution in [3.05, 3.63) is 80.6 Å². The molecule has 0 unspecified atom stereocenters. The molecule has 2 heterocycles. The number of carbonyl (C=O) groups is 1. The summed E-state index contributed by atoms with van der Waals surface area (Å²) in [5.41, 5.74) is 4.84. The summed E-state index contributed by atoms with van der Waals surface area (Å²) in [6.07, 6.45) is 0.913. The van der Waals surface area contributed by atoms with Gasteiger partial charge in [-0.3, -0.25) is 14.4 Å². The molecule has 5 nitrogen and oxygen atoms in total. The van der Waals surface area contributed by atoms with Crippen molar-refractivity contribution in [3.8, 4) is 0 Å². The predicted molar refractivity (Wildman–Crippen MR) is 134 cm³/mol. The van der Waals surface area contributed by atoms with E-state index < -0.39 is 0 Å². The van der Waals surface area contributed by atoms with Gasteiger partial charge in [-0.15, -0.1) is 0 Å². The van der Waals surface area contributed by atoms with Crippen LogP contribution in [0.3, 0.4) is 0 Å². The van der Waals surface area contributed by atoms with Crippen molar-refractivity contribution in [2.75, 3.05) is 12.3 Å². The van der Waals surface area contributed by atoms with E-state index in [9.17, 15) is 4.79 Å². The van der Waals surface area contributed by atoms with Crippen LogP contribution in [0.15, 0.2) is 47.5 Å². The molecule has 0 saturated carbocycles. The summed E-state index contributed by atoms with van der Waals surface area (Å²) in [6, 6.07) is 13.4. The zero-order valence-corrected chi connectivity index (χ0v) is 20.6. The summed E-state index contributed by atoms with van der Waals surface area (Å²) in [4.78, 5) is 20.1. The number of hydrogen-bond acceptors (Lipinski definition) is 4. The van der Waals surface area contributed by atoms with Gasteiger partial charge in [0.25, 0.3) is 5.91 Å². The van der Waals surface area contributed by atoms with Gasteiger partial charge in [-0.2, -0.15) is 5.10 Å². The summed E-state index contributed by atoms with van der Waals surface area (Å²) >= 11 is 14.2. The van der Waals surface area contributed by atoms with Gasteiger partial charge in [-0.1, -0.05) is 59.2 Å². The molecule has 0 spiro atoms. The minimum atomic E-state index is -0.0745. The zero-order chi connectivity index (χ0) is 22.8. The van der Waals surface area contributed by atoms with Crippen LogP contribution in [0.5, 0.6) is 0 Å². The number of rotatable bonds is 4. The number of aromatic nitrogens is 2. The third kappa shape index (κ3) is 4.72. The molecule has 0 atom stereocenters. The molecule has 166 valence electrons. The summed E-state index contributed by atoms with van der Waals surface area (Å²) in [5.74, 6) is 0.848. The average Bonchev–Trinajstić information content (AvgIpc) is 3.05. The number of hydrogen-bond donors (Lipinski definition) is 0. The van der Waals surface area contributed by atoms with Gasteiger partial charge < -0.3 is 0 Å². The summed E-state index contributed by atoms with van der Waals surface area (Å²) in [6.45, 7) is 6.89. The Morgan fingerprint density at radius 3 is 2.66 bits per heavy atom. The molecule has 0 radical (unpaired) electrons. The largest absolute Gasteiger partial charge is 0.287 e. The van der Waals surface area contributed by atoms with E-state index in [1.54, 1.807) is 16.7 Å². The van der Waals surface area contributed by atoms with Crippen LogP contribution in [0.4, 0.5) is 5.69 Å². The van der Waals surface area contributed by atoms with Crippen LogP contribution in [0.2, 0.25) is 10.0 Å². The van der Waals surface area contributed by atoms with Crippen molar-refractivity contribution >= 4 is 51.7 Å². The maximum Gasteiger partial charge on any atom is 0.263 e. The highest BCUT2D eigenvalue weighted by Gasteiger charge is 2.29. The normalized spacial score (nSPS) is 15.4. The van der Waals surface area contributed by atoms with Crippen LogP contribution in [-0.4, -0.2) is 38.1 Å². The first-order valence-electron chi connectivity index (χ1n) is 10.4. The minimum absolute atomic E-state index is 0.0745. The molecule has 32 heavy (non-hydrogen) atoms. The lowest BCUT2D eigenvalue weighted by atomic mass is 10.1. The fourth-order valence-corrected chi connectivity index (χ4v) is 5.01. The molecule has 1 aliphatic rings. The van der Waals surface area contributed by atoms with Crippen molar-refractivity contribution in [2.45, 2.75) is 33.7 Å². The smallest absolute Gasteiger partial charge is 0.263 e. The van der Waals surface area contributed by atoms with E-state index >= 15 is 0 Å². The molecule has 0 N–H and O–H groups in total. The highest BCUT2D eigenvalue weighted by molar-refractivity contribution is 8.13. The van der Waals surface area contributed by atoms with Crippen LogP contribution < -0.4 is 0 Å². The third-order valence-corrected chi connectivity index (χ3v) is 7.33. The summed E-state index contributed by atoms with van der Waals surface area (Å²) in [5, 5.41) is 6.68. The second-order valence-corrected chi connectivity index (χ2v) is 9.66. The van der Waals surface area contributed by atoms with E-state index in [1.807, 2.05) is 67.9 Å². The van der Waals surface area contributed by atoms with Crippen molar-refractivity contribution in [1.29, 1.82) is 0 Å². The Morgan fingerprint density at radius 1 is 1.12 bits per heavy atom. The molecule has 1 amide bonds. The van der Waals surface area contributed by atoms with Crippen LogP contribution in [0.25, 0.3) is 0 Å². The molecule has 1 fully saturated rings. The lowest BCUT2D eigenvalue weighted by molar-refractivity contribution is 0.0847. The van der Waals surface area contributed by atoms with E-state index in [2.05, 4.69) is 5.10 Å². The van der Waals surface area contributed by atoms with Gasteiger partial charge in [0.2, 0.25) is 0 Å². The third-order valence-electron chi connectivity index (χ3n) is 5.49. The second kappa shape index (κ2) is 9.69. The molecule has 4 rings (SSSR count). The maximum atomic E-state index is 13.6. The first-order chi connectivity index (χ1) is 15.3.